The van der Waals surface area contributed by atoms with E-state index in [2.05, 4.69) is 16.7 Å². The minimum absolute atomic E-state index is 0.0572. The van der Waals surface area contributed by atoms with Crippen LogP contribution in [0.15, 0.2) is 0 Å². The van der Waals surface area contributed by atoms with Crippen molar-refractivity contribution in [3.8, 4) is 12.1 Å². The number of nitriles is 2. The van der Waals surface area contributed by atoms with E-state index in [1.165, 1.54) is 0 Å². The van der Waals surface area contributed by atoms with Crippen molar-refractivity contribution < 1.29 is 14.4 Å². The number of hydrogen-bond acceptors (Lipinski definition) is 6. The fourth-order valence-electron chi connectivity index (χ4n) is 4.55. The van der Waals surface area contributed by atoms with Crippen LogP contribution in [0.1, 0.15) is 65.7 Å². The number of rotatable bonds is 7. The molecule has 8 heteroatoms. The van der Waals surface area contributed by atoms with E-state index in [1.807, 2.05) is 26.8 Å². The molecular weight excluding hydrogens is 382 g/mol. The van der Waals surface area contributed by atoms with Gasteiger partial charge in [-0.1, -0.05) is 20.8 Å². The van der Waals surface area contributed by atoms with Crippen LogP contribution in [0.3, 0.4) is 0 Å². The van der Waals surface area contributed by atoms with E-state index in [4.69, 9.17) is 11.0 Å². The van der Waals surface area contributed by atoms with Crippen molar-refractivity contribution in [2.75, 3.05) is 6.54 Å². The van der Waals surface area contributed by atoms with E-state index in [9.17, 15) is 19.6 Å². The molecule has 0 unspecified atom stereocenters. The zero-order valence-corrected chi connectivity index (χ0v) is 18.2. The largest absolute Gasteiger partial charge is 0.356 e. The Morgan fingerprint density at radius 1 is 1.20 bits per heavy atom. The van der Waals surface area contributed by atoms with Crippen LogP contribution < -0.4 is 16.4 Å². The van der Waals surface area contributed by atoms with Gasteiger partial charge in [0.05, 0.1) is 12.1 Å². The van der Waals surface area contributed by atoms with Gasteiger partial charge in [-0.15, -0.1) is 0 Å². The van der Waals surface area contributed by atoms with Gasteiger partial charge in [0.1, 0.15) is 6.04 Å². The Morgan fingerprint density at radius 3 is 2.30 bits per heavy atom. The third-order valence-corrected chi connectivity index (χ3v) is 6.08. The molecule has 0 aromatic heterocycles. The Bertz CT molecular complexity index is 752. The van der Waals surface area contributed by atoms with Crippen molar-refractivity contribution in [1.29, 1.82) is 10.5 Å². The van der Waals surface area contributed by atoms with Gasteiger partial charge in [0, 0.05) is 24.3 Å². The first kappa shape index (κ1) is 23.8. The number of nitrogens with two attached hydrogens (primary N) is 1. The van der Waals surface area contributed by atoms with Crippen LogP contribution in [0, 0.1) is 45.8 Å². The maximum Gasteiger partial charge on any atom is 0.248 e. The number of amides is 2. The number of hydrogen-bond donors (Lipinski definition) is 3. The maximum absolute atomic E-state index is 13.4. The van der Waals surface area contributed by atoms with Gasteiger partial charge in [-0.3, -0.25) is 14.4 Å². The predicted molar refractivity (Wildman–Crippen MR) is 110 cm³/mol. The highest BCUT2D eigenvalue weighted by atomic mass is 16.2. The molecule has 4 N–H and O–H groups in total. The second-order valence-electron chi connectivity index (χ2n) is 9.92. The van der Waals surface area contributed by atoms with Gasteiger partial charge in [-0.2, -0.15) is 10.5 Å². The van der Waals surface area contributed by atoms with Crippen LogP contribution in [0.25, 0.3) is 0 Å². The number of nitrogens with one attached hydrogen (secondary N) is 2. The number of carbonyl (C=O) groups excluding carboxylic acids is 3. The summed E-state index contributed by atoms with van der Waals surface area (Å²) in [7, 11) is 0. The molecule has 30 heavy (non-hydrogen) atoms. The van der Waals surface area contributed by atoms with Gasteiger partial charge >= 0.3 is 0 Å². The highest BCUT2D eigenvalue weighted by Gasteiger charge is 2.48. The Kier molecular flexibility index (Phi) is 7.60. The minimum Gasteiger partial charge on any atom is -0.356 e. The summed E-state index contributed by atoms with van der Waals surface area (Å²) in [5.41, 5.74) is 4.35. The summed E-state index contributed by atoms with van der Waals surface area (Å²) in [6.07, 6.45) is 3.28. The van der Waals surface area contributed by atoms with E-state index in [1.54, 1.807) is 0 Å². The molecule has 2 fully saturated rings. The van der Waals surface area contributed by atoms with Gasteiger partial charge in [-0.25, -0.2) is 0 Å². The van der Waals surface area contributed by atoms with Crippen LogP contribution in [0.4, 0.5) is 0 Å². The number of Topliss-reactive ketones (excluding diaryl/α,β-unsaturated/α-hetero) is 1. The summed E-state index contributed by atoms with van der Waals surface area (Å²) >= 11 is 0. The Hall–Kier alpha value is -2.45. The molecule has 0 spiro atoms. The van der Waals surface area contributed by atoms with E-state index in [-0.39, 0.29) is 47.7 Å². The summed E-state index contributed by atoms with van der Waals surface area (Å²) < 4.78 is 0. The summed E-state index contributed by atoms with van der Waals surface area (Å²) in [6, 6.07) is 3.38. The van der Waals surface area contributed by atoms with Crippen LogP contribution >= 0.6 is 0 Å². The monoisotopic (exact) mass is 415 g/mol. The van der Waals surface area contributed by atoms with Crippen LogP contribution in [0.2, 0.25) is 0 Å². The number of nitrogens with zero attached hydrogens (tertiary/aromatic N) is 2. The highest BCUT2D eigenvalue weighted by Crippen LogP contribution is 2.35. The summed E-state index contributed by atoms with van der Waals surface area (Å²) in [4.78, 5) is 38.4. The zero-order chi connectivity index (χ0) is 22.5. The van der Waals surface area contributed by atoms with Crippen LogP contribution in [-0.4, -0.2) is 35.7 Å². The first-order valence-electron chi connectivity index (χ1n) is 10.7. The van der Waals surface area contributed by atoms with Crippen molar-refractivity contribution in [3.05, 3.63) is 0 Å². The highest BCUT2D eigenvalue weighted by molar-refractivity contribution is 6.11. The molecule has 1 heterocycles. The van der Waals surface area contributed by atoms with Gasteiger partial charge < -0.3 is 16.4 Å². The zero-order valence-electron chi connectivity index (χ0n) is 18.2. The molecule has 1 aliphatic heterocycles. The lowest BCUT2D eigenvalue weighted by Gasteiger charge is -2.37. The topological polar surface area (TPSA) is 149 Å². The molecule has 3 atom stereocenters. The van der Waals surface area contributed by atoms with E-state index in [0.29, 0.717) is 38.6 Å². The van der Waals surface area contributed by atoms with Gasteiger partial charge in [0.2, 0.25) is 11.8 Å². The Morgan fingerprint density at radius 2 is 1.83 bits per heavy atom. The fourth-order valence-corrected chi connectivity index (χ4v) is 4.55. The van der Waals surface area contributed by atoms with Crippen LogP contribution in [-0.2, 0) is 14.4 Å². The SMILES string of the molecule is CC(C)(C)C[C@](N)(C(=O)N[C@H](C#N)C[C@@H]1CCNC1=O)C(=O)[C@H]1CC[C@H](C#N)CC1. The molecule has 0 bridgehead atoms. The molecule has 0 aromatic rings. The van der Waals surface area contributed by atoms with Crippen molar-refractivity contribution in [2.24, 2.45) is 28.9 Å². The lowest BCUT2D eigenvalue weighted by molar-refractivity contribution is -0.141. The average molecular weight is 416 g/mol. The molecule has 2 amide bonds. The van der Waals surface area contributed by atoms with Crippen LogP contribution in [0.5, 0.6) is 0 Å². The lowest BCUT2D eigenvalue weighted by Crippen LogP contribution is -2.64. The fraction of sp³-hybridized carbons (Fsp3) is 0.773. The van der Waals surface area contributed by atoms with Gasteiger partial charge in [0.15, 0.2) is 11.3 Å². The standard InChI is InChI=1S/C22H33N5O3/c1-21(2,3)13-22(25,18(28)15-6-4-14(11-23)5-7-15)20(30)27-17(12-24)10-16-8-9-26-19(16)29/h14-17H,4-10,13,25H2,1-3H3,(H,26,29)(H,27,30)/t14-,15-,16-,17-,22+/m0/s1. The summed E-state index contributed by atoms with van der Waals surface area (Å²) in [6.45, 7) is 6.29. The van der Waals surface area contributed by atoms with E-state index >= 15 is 0 Å². The van der Waals surface area contributed by atoms with Gasteiger partial charge in [-0.05, 0) is 50.4 Å². The molecule has 164 valence electrons. The number of ketones is 1. The summed E-state index contributed by atoms with van der Waals surface area (Å²) in [5, 5.41) is 24.0. The van der Waals surface area contributed by atoms with Crippen molar-refractivity contribution in [1.82, 2.24) is 10.6 Å². The molecular formula is C22H33N5O3. The molecule has 2 rings (SSSR count). The van der Waals surface area contributed by atoms with Gasteiger partial charge in [0.25, 0.3) is 0 Å². The maximum atomic E-state index is 13.4. The van der Waals surface area contributed by atoms with Crippen molar-refractivity contribution >= 4 is 17.6 Å². The van der Waals surface area contributed by atoms with E-state index < -0.39 is 17.5 Å². The predicted octanol–water partition coefficient (Wildman–Crippen LogP) is 1.55. The second kappa shape index (κ2) is 9.57. The normalized spacial score (nSPS) is 27.1. The quantitative estimate of drug-likeness (QED) is 0.537. The van der Waals surface area contributed by atoms with Crippen molar-refractivity contribution in [3.63, 3.8) is 0 Å². The third kappa shape index (κ3) is 5.79. The first-order valence-corrected chi connectivity index (χ1v) is 10.7. The third-order valence-electron chi connectivity index (χ3n) is 6.08. The Balaban J connectivity index is 2.16. The molecule has 0 aromatic carbocycles. The van der Waals surface area contributed by atoms with E-state index in [0.717, 1.165) is 0 Å². The summed E-state index contributed by atoms with van der Waals surface area (Å²) in [5.74, 6) is -1.85. The molecule has 1 aliphatic carbocycles. The molecule has 1 saturated heterocycles. The molecule has 0 radical (unpaired) electrons. The average Bonchev–Trinajstić information content (AvgIpc) is 3.09. The van der Waals surface area contributed by atoms with Crippen molar-refractivity contribution in [2.45, 2.75) is 77.3 Å². The first-order chi connectivity index (χ1) is 14.0. The number of carbonyl (C=O) groups is 3. The molecule has 1 saturated carbocycles. The smallest absolute Gasteiger partial charge is 0.248 e. The molecule has 8 nitrogen and oxygen atoms in total. The molecule has 2 aliphatic rings. The lowest BCUT2D eigenvalue weighted by atomic mass is 9.70. The Labute approximate surface area is 178 Å². The minimum atomic E-state index is -1.75. The second-order valence-corrected chi connectivity index (χ2v) is 9.92.